The molecular weight excluding hydrogens is 274 g/mol. The summed E-state index contributed by atoms with van der Waals surface area (Å²) in [6.45, 7) is 4.60. The van der Waals surface area contributed by atoms with Gasteiger partial charge in [0.1, 0.15) is 0 Å². The number of thioether (sulfide) groups is 1. The molecule has 1 rings (SSSR count). The highest BCUT2D eigenvalue weighted by atomic mass is 32.2. The molecule has 0 saturated carbocycles. The average molecular weight is 303 g/mol. The Morgan fingerprint density at radius 1 is 1.35 bits per heavy atom. The van der Waals surface area contributed by atoms with Crippen LogP contribution in [0.25, 0.3) is 0 Å². The maximum Gasteiger partial charge on any atom is 0.193 e. The zero-order chi connectivity index (χ0) is 14.6. The van der Waals surface area contributed by atoms with Gasteiger partial charge in [0.25, 0.3) is 0 Å². The SMILES string of the molecule is CN=C(NCCSC)N1CCC(OCCCOC)CC1. The summed E-state index contributed by atoms with van der Waals surface area (Å²) >= 11 is 1.85. The summed E-state index contributed by atoms with van der Waals surface area (Å²) in [5, 5.41) is 3.41. The fourth-order valence-electron chi connectivity index (χ4n) is 2.28. The molecule has 5 nitrogen and oxygen atoms in total. The Kier molecular flexibility index (Phi) is 9.87. The fourth-order valence-corrected chi connectivity index (χ4v) is 2.59. The first-order valence-electron chi connectivity index (χ1n) is 7.37. The zero-order valence-corrected chi connectivity index (χ0v) is 13.9. The monoisotopic (exact) mass is 303 g/mol. The highest BCUT2D eigenvalue weighted by Gasteiger charge is 2.21. The van der Waals surface area contributed by atoms with Crippen LogP contribution in [0.4, 0.5) is 0 Å². The lowest BCUT2D eigenvalue weighted by Crippen LogP contribution is -2.47. The van der Waals surface area contributed by atoms with E-state index < -0.39 is 0 Å². The first-order valence-corrected chi connectivity index (χ1v) is 8.76. The second-order valence-corrected chi connectivity index (χ2v) is 5.86. The van der Waals surface area contributed by atoms with E-state index in [1.807, 2.05) is 18.8 Å². The molecular formula is C14H29N3O2S. The van der Waals surface area contributed by atoms with Crippen molar-refractivity contribution in [3.05, 3.63) is 0 Å². The molecule has 1 fully saturated rings. The maximum absolute atomic E-state index is 5.87. The molecule has 1 N–H and O–H groups in total. The smallest absolute Gasteiger partial charge is 0.193 e. The molecule has 0 aromatic carbocycles. The molecule has 1 aliphatic rings. The predicted octanol–water partition coefficient (Wildman–Crippen LogP) is 1.44. The van der Waals surface area contributed by atoms with E-state index in [4.69, 9.17) is 9.47 Å². The number of methoxy groups -OCH3 is 1. The van der Waals surface area contributed by atoms with Crippen LogP contribution in [0.2, 0.25) is 0 Å². The minimum Gasteiger partial charge on any atom is -0.385 e. The van der Waals surface area contributed by atoms with Gasteiger partial charge in [-0.15, -0.1) is 0 Å². The molecule has 0 bridgehead atoms. The number of nitrogens with one attached hydrogen (secondary N) is 1. The Hall–Kier alpha value is -0.460. The highest BCUT2D eigenvalue weighted by molar-refractivity contribution is 7.98. The summed E-state index contributed by atoms with van der Waals surface area (Å²) in [7, 11) is 3.59. The number of ether oxygens (including phenoxy) is 2. The van der Waals surface area contributed by atoms with Gasteiger partial charge in [-0.2, -0.15) is 11.8 Å². The van der Waals surface area contributed by atoms with Gasteiger partial charge in [-0.25, -0.2) is 0 Å². The van der Waals surface area contributed by atoms with E-state index in [-0.39, 0.29) is 0 Å². The van der Waals surface area contributed by atoms with Crippen LogP contribution in [-0.2, 0) is 9.47 Å². The second kappa shape index (κ2) is 11.2. The Balaban J connectivity index is 2.19. The average Bonchev–Trinajstić information content (AvgIpc) is 2.49. The summed E-state index contributed by atoms with van der Waals surface area (Å²) in [5.41, 5.74) is 0. The Bertz CT molecular complexity index is 269. The van der Waals surface area contributed by atoms with E-state index in [0.29, 0.717) is 6.10 Å². The van der Waals surface area contributed by atoms with Crippen LogP contribution >= 0.6 is 11.8 Å². The summed E-state index contributed by atoms with van der Waals surface area (Å²) in [4.78, 5) is 6.69. The third-order valence-corrected chi connectivity index (χ3v) is 4.00. The Morgan fingerprint density at radius 2 is 2.10 bits per heavy atom. The van der Waals surface area contributed by atoms with Crippen LogP contribution in [0.5, 0.6) is 0 Å². The van der Waals surface area contributed by atoms with Gasteiger partial charge in [-0.1, -0.05) is 0 Å². The molecule has 118 valence electrons. The van der Waals surface area contributed by atoms with E-state index in [1.54, 1.807) is 7.11 Å². The van der Waals surface area contributed by atoms with Gasteiger partial charge in [0.05, 0.1) is 6.10 Å². The Labute approximate surface area is 127 Å². The normalized spacial score (nSPS) is 17.6. The van der Waals surface area contributed by atoms with Crippen LogP contribution < -0.4 is 5.32 Å². The molecule has 1 saturated heterocycles. The maximum atomic E-state index is 5.87. The summed E-state index contributed by atoms with van der Waals surface area (Å²) < 4.78 is 10.9. The number of guanidine groups is 1. The standard InChI is InChI=1S/C14H29N3O2S/c1-15-14(16-7-12-20-3)17-8-5-13(6-9-17)19-11-4-10-18-2/h13H,4-12H2,1-3H3,(H,15,16). The van der Waals surface area contributed by atoms with Crippen molar-refractivity contribution in [2.75, 3.05) is 59.0 Å². The number of nitrogens with zero attached hydrogens (tertiary/aromatic N) is 2. The minimum atomic E-state index is 0.396. The molecule has 1 heterocycles. The third-order valence-electron chi connectivity index (χ3n) is 3.39. The first-order chi connectivity index (χ1) is 9.81. The number of piperidine rings is 1. The number of likely N-dealkylation sites (tertiary alicyclic amines) is 1. The predicted molar refractivity (Wildman–Crippen MR) is 86.8 cm³/mol. The highest BCUT2D eigenvalue weighted by Crippen LogP contribution is 2.14. The minimum absolute atomic E-state index is 0.396. The lowest BCUT2D eigenvalue weighted by molar-refractivity contribution is 0.00993. The fraction of sp³-hybridized carbons (Fsp3) is 0.929. The molecule has 0 aliphatic carbocycles. The molecule has 0 spiro atoms. The van der Waals surface area contributed by atoms with Crippen LogP contribution in [0, 0.1) is 0 Å². The molecule has 20 heavy (non-hydrogen) atoms. The molecule has 1 aliphatic heterocycles. The largest absolute Gasteiger partial charge is 0.385 e. The van der Waals surface area contributed by atoms with Gasteiger partial charge < -0.3 is 19.7 Å². The number of rotatable bonds is 8. The first kappa shape index (κ1) is 17.6. The van der Waals surface area contributed by atoms with Crippen molar-refractivity contribution in [2.45, 2.75) is 25.4 Å². The van der Waals surface area contributed by atoms with Crippen molar-refractivity contribution in [2.24, 2.45) is 4.99 Å². The molecule has 0 radical (unpaired) electrons. The lowest BCUT2D eigenvalue weighted by Gasteiger charge is -2.34. The van der Waals surface area contributed by atoms with Crippen molar-refractivity contribution in [1.82, 2.24) is 10.2 Å². The van der Waals surface area contributed by atoms with Gasteiger partial charge in [-0.05, 0) is 25.5 Å². The summed E-state index contributed by atoms with van der Waals surface area (Å²) in [5.74, 6) is 2.13. The van der Waals surface area contributed by atoms with Crippen molar-refractivity contribution < 1.29 is 9.47 Å². The van der Waals surface area contributed by atoms with Gasteiger partial charge >= 0.3 is 0 Å². The molecule has 0 aromatic heterocycles. The van der Waals surface area contributed by atoms with Crippen LogP contribution in [0.3, 0.4) is 0 Å². The second-order valence-electron chi connectivity index (χ2n) is 4.87. The van der Waals surface area contributed by atoms with Crippen molar-refractivity contribution in [1.29, 1.82) is 0 Å². The van der Waals surface area contributed by atoms with E-state index in [2.05, 4.69) is 21.5 Å². The van der Waals surface area contributed by atoms with Crippen molar-refractivity contribution >= 4 is 17.7 Å². The van der Waals surface area contributed by atoms with Gasteiger partial charge in [0, 0.05) is 52.8 Å². The molecule has 6 heteroatoms. The molecule has 0 aromatic rings. The third kappa shape index (κ3) is 6.81. The van der Waals surface area contributed by atoms with E-state index in [0.717, 1.165) is 63.8 Å². The van der Waals surface area contributed by atoms with Gasteiger partial charge in [0.2, 0.25) is 0 Å². The lowest BCUT2D eigenvalue weighted by atomic mass is 10.1. The molecule has 0 amide bonds. The molecule has 0 atom stereocenters. The van der Waals surface area contributed by atoms with E-state index >= 15 is 0 Å². The van der Waals surface area contributed by atoms with Gasteiger partial charge in [-0.3, -0.25) is 4.99 Å². The summed E-state index contributed by atoms with van der Waals surface area (Å²) in [6.07, 6.45) is 5.66. The van der Waals surface area contributed by atoms with Crippen molar-refractivity contribution in [3.63, 3.8) is 0 Å². The zero-order valence-electron chi connectivity index (χ0n) is 13.1. The quantitative estimate of drug-likeness (QED) is 0.418. The number of hydrogen-bond donors (Lipinski definition) is 1. The van der Waals surface area contributed by atoms with Crippen LogP contribution in [0.1, 0.15) is 19.3 Å². The van der Waals surface area contributed by atoms with Crippen molar-refractivity contribution in [3.8, 4) is 0 Å². The Morgan fingerprint density at radius 3 is 2.70 bits per heavy atom. The number of hydrogen-bond acceptors (Lipinski definition) is 4. The van der Waals surface area contributed by atoms with Gasteiger partial charge in [0.15, 0.2) is 5.96 Å². The summed E-state index contributed by atoms with van der Waals surface area (Å²) in [6, 6.07) is 0. The molecule has 0 unspecified atom stereocenters. The van der Waals surface area contributed by atoms with E-state index in [9.17, 15) is 0 Å². The number of aliphatic imine (C=N–C) groups is 1. The van der Waals surface area contributed by atoms with Crippen LogP contribution in [0.15, 0.2) is 4.99 Å². The van der Waals surface area contributed by atoms with E-state index in [1.165, 1.54) is 0 Å². The topological polar surface area (TPSA) is 46.1 Å². The van der Waals surface area contributed by atoms with Crippen LogP contribution in [-0.4, -0.2) is 76.0 Å².